The number of oxazole rings is 1. The number of aryl methyl sites for hydroxylation is 1. The second kappa shape index (κ2) is 11.7. The maximum atomic E-state index is 13.6. The first-order chi connectivity index (χ1) is 20.2. The predicted molar refractivity (Wildman–Crippen MR) is 161 cm³/mol. The van der Waals surface area contributed by atoms with Crippen LogP contribution in [0.4, 0.5) is 0 Å². The van der Waals surface area contributed by atoms with E-state index in [0.717, 1.165) is 5.56 Å². The summed E-state index contributed by atoms with van der Waals surface area (Å²) in [5, 5.41) is 0.691. The minimum atomic E-state index is -3.86. The number of nitrogens with zero attached hydrogens (tertiary/aromatic N) is 4. The normalized spacial score (nSPS) is 19.7. The van der Waals surface area contributed by atoms with Crippen LogP contribution in [0.15, 0.2) is 86.9 Å². The molecule has 6 rings (SSSR count). The van der Waals surface area contributed by atoms with Crippen molar-refractivity contribution >= 4 is 38.6 Å². The summed E-state index contributed by atoms with van der Waals surface area (Å²) >= 11 is 6.16. The first kappa shape index (κ1) is 28.7. The lowest BCUT2D eigenvalue weighted by Gasteiger charge is -2.41. The quantitative estimate of drug-likeness (QED) is 0.327. The number of benzene rings is 3. The molecular weight excluding hydrogens is 576 g/mol. The number of piperazine rings is 1. The monoisotopic (exact) mass is 608 g/mol. The van der Waals surface area contributed by atoms with Crippen molar-refractivity contribution in [3.8, 4) is 0 Å². The molecule has 11 heteroatoms. The van der Waals surface area contributed by atoms with Gasteiger partial charge in [-0.05, 0) is 48.2 Å². The topological polar surface area (TPSA) is 96.1 Å². The van der Waals surface area contributed by atoms with E-state index in [4.69, 9.17) is 16.0 Å². The molecule has 0 radical (unpaired) electrons. The van der Waals surface area contributed by atoms with Gasteiger partial charge in [-0.3, -0.25) is 14.3 Å². The van der Waals surface area contributed by atoms with Crippen LogP contribution < -0.4 is 5.76 Å². The van der Waals surface area contributed by atoms with Crippen molar-refractivity contribution in [3.63, 3.8) is 0 Å². The summed E-state index contributed by atoms with van der Waals surface area (Å²) in [6.45, 7) is 3.02. The predicted octanol–water partition coefficient (Wildman–Crippen LogP) is 4.12. The number of halogens is 1. The number of rotatable bonds is 6. The van der Waals surface area contributed by atoms with Crippen molar-refractivity contribution < 1.29 is 17.6 Å². The average Bonchev–Trinajstić information content (AvgIpc) is 3.31. The zero-order valence-corrected chi connectivity index (χ0v) is 24.9. The van der Waals surface area contributed by atoms with E-state index >= 15 is 0 Å². The van der Waals surface area contributed by atoms with E-state index in [2.05, 4.69) is 29.2 Å². The highest BCUT2D eigenvalue weighted by Crippen LogP contribution is 2.32. The molecule has 4 aromatic rings. The number of piperidine rings is 1. The van der Waals surface area contributed by atoms with Gasteiger partial charge in [-0.2, -0.15) is 4.31 Å². The molecular formula is C31H33ClN4O5S. The first-order valence-corrected chi connectivity index (χ1v) is 16.0. The summed E-state index contributed by atoms with van der Waals surface area (Å²) in [6.07, 6.45) is 1.25. The van der Waals surface area contributed by atoms with Gasteiger partial charge < -0.3 is 9.32 Å². The Bertz CT molecular complexity index is 1750. The molecule has 2 aliphatic heterocycles. The number of amides is 1. The Kier molecular flexibility index (Phi) is 7.97. The summed E-state index contributed by atoms with van der Waals surface area (Å²) in [5.41, 5.74) is 3.07. The molecule has 0 unspecified atom stereocenters. The molecule has 220 valence electrons. The molecule has 9 nitrogen and oxygen atoms in total. The third-order valence-electron chi connectivity index (χ3n) is 8.43. The lowest BCUT2D eigenvalue weighted by molar-refractivity contribution is -0.138. The fraction of sp³-hybridized carbons (Fsp3) is 0.355. The fourth-order valence-corrected chi connectivity index (χ4v) is 7.80. The maximum absolute atomic E-state index is 13.6. The first-order valence-electron chi connectivity index (χ1n) is 14.2. The Morgan fingerprint density at radius 3 is 2.33 bits per heavy atom. The summed E-state index contributed by atoms with van der Waals surface area (Å²) in [6, 6.07) is 22.7. The highest BCUT2D eigenvalue weighted by molar-refractivity contribution is 7.89. The van der Waals surface area contributed by atoms with Gasteiger partial charge in [0.25, 0.3) is 0 Å². The third kappa shape index (κ3) is 5.51. The van der Waals surface area contributed by atoms with Crippen molar-refractivity contribution in [3.05, 3.63) is 99.5 Å². The van der Waals surface area contributed by atoms with Crippen LogP contribution in [0.25, 0.3) is 11.1 Å². The SMILES string of the molecule is Cn1c(=O)oc2cc(S(=O)(=O)N3CCC[C@H](C(=O)N4CCN([C@@H](c5ccccc5)c5ccc(Cl)cc5)CC4)C3)ccc21. The maximum Gasteiger partial charge on any atom is 0.419 e. The van der Waals surface area contributed by atoms with Crippen molar-refractivity contribution in [1.82, 2.24) is 18.7 Å². The minimum Gasteiger partial charge on any atom is -0.408 e. The summed E-state index contributed by atoms with van der Waals surface area (Å²) in [7, 11) is -2.29. The molecule has 0 N–H and O–H groups in total. The molecule has 3 aromatic carbocycles. The Labute approximate surface area is 249 Å². The fourth-order valence-electron chi connectivity index (χ4n) is 6.14. The lowest BCUT2D eigenvalue weighted by Crippen LogP contribution is -2.53. The second-order valence-electron chi connectivity index (χ2n) is 11.0. The molecule has 0 spiro atoms. The highest BCUT2D eigenvalue weighted by atomic mass is 35.5. The number of carbonyl (C=O) groups is 1. The molecule has 1 aromatic heterocycles. The molecule has 2 fully saturated rings. The molecule has 42 heavy (non-hydrogen) atoms. The van der Waals surface area contributed by atoms with E-state index in [1.165, 1.54) is 26.6 Å². The van der Waals surface area contributed by atoms with Crippen LogP contribution in [0.1, 0.15) is 30.0 Å². The van der Waals surface area contributed by atoms with Gasteiger partial charge in [-0.1, -0.05) is 54.1 Å². The van der Waals surface area contributed by atoms with E-state index < -0.39 is 21.7 Å². The van der Waals surface area contributed by atoms with E-state index in [0.29, 0.717) is 56.1 Å². The van der Waals surface area contributed by atoms with E-state index in [-0.39, 0.29) is 29.0 Å². The lowest BCUT2D eigenvalue weighted by atomic mass is 9.95. The van der Waals surface area contributed by atoms with E-state index in [1.54, 1.807) is 13.1 Å². The Hall–Kier alpha value is -3.44. The Morgan fingerprint density at radius 2 is 1.62 bits per heavy atom. The van der Waals surface area contributed by atoms with E-state index in [1.807, 2.05) is 35.2 Å². The van der Waals surface area contributed by atoms with Crippen LogP contribution in [0, 0.1) is 5.92 Å². The largest absolute Gasteiger partial charge is 0.419 e. The molecule has 3 heterocycles. The summed E-state index contributed by atoms with van der Waals surface area (Å²) in [5.74, 6) is -0.951. The number of hydrogen-bond donors (Lipinski definition) is 0. The molecule has 0 saturated carbocycles. The number of aromatic nitrogens is 1. The number of fused-ring (bicyclic) bond motifs is 1. The molecule has 2 atom stereocenters. The minimum absolute atomic E-state index is 0.00168. The smallest absolute Gasteiger partial charge is 0.408 e. The van der Waals surface area contributed by atoms with Gasteiger partial charge in [-0.25, -0.2) is 13.2 Å². The number of carbonyl (C=O) groups excluding carboxylic acids is 1. The van der Waals surface area contributed by atoms with Gasteiger partial charge in [0.05, 0.1) is 22.4 Å². The van der Waals surface area contributed by atoms with Crippen molar-refractivity contribution in [2.45, 2.75) is 23.8 Å². The molecule has 2 saturated heterocycles. The van der Waals surface area contributed by atoms with Crippen molar-refractivity contribution in [2.75, 3.05) is 39.3 Å². The molecule has 2 aliphatic rings. The van der Waals surface area contributed by atoms with Gasteiger partial charge in [0.1, 0.15) is 0 Å². The van der Waals surface area contributed by atoms with Crippen LogP contribution in [-0.4, -0.2) is 72.3 Å². The summed E-state index contributed by atoms with van der Waals surface area (Å²) < 4.78 is 35.0. The van der Waals surface area contributed by atoms with Gasteiger partial charge >= 0.3 is 5.76 Å². The van der Waals surface area contributed by atoms with Gasteiger partial charge in [0.15, 0.2) is 5.58 Å². The number of sulfonamides is 1. The Morgan fingerprint density at radius 1 is 0.929 bits per heavy atom. The highest BCUT2D eigenvalue weighted by Gasteiger charge is 2.37. The van der Waals surface area contributed by atoms with E-state index in [9.17, 15) is 18.0 Å². The van der Waals surface area contributed by atoms with Crippen molar-refractivity contribution in [1.29, 1.82) is 0 Å². The molecule has 1 amide bonds. The van der Waals surface area contributed by atoms with Crippen LogP contribution in [-0.2, 0) is 21.9 Å². The van der Waals surface area contributed by atoms with Crippen LogP contribution in [0.3, 0.4) is 0 Å². The standard InChI is InChI=1S/C31H33ClN4O5S/c1-33-27-14-13-26(20-28(27)41-31(33)38)42(39,40)36-15-5-8-24(21-36)30(37)35-18-16-34(17-19-35)29(22-6-3-2-4-7-22)23-9-11-25(32)12-10-23/h2-4,6-7,9-14,20,24,29H,5,8,15-19,21H2,1H3/t24-,29-/m0/s1. The van der Waals surface area contributed by atoms with Crippen molar-refractivity contribution in [2.24, 2.45) is 13.0 Å². The third-order valence-corrected chi connectivity index (χ3v) is 10.5. The average molecular weight is 609 g/mol. The summed E-state index contributed by atoms with van der Waals surface area (Å²) in [4.78, 5) is 29.8. The zero-order chi connectivity index (χ0) is 29.4. The second-order valence-corrected chi connectivity index (χ2v) is 13.4. The zero-order valence-electron chi connectivity index (χ0n) is 23.4. The molecule has 0 aliphatic carbocycles. The Balaban J connectivity index is 1.14. The van der Waals surface area contributed by atoms with Gasteiger partial charge in [0, 0.05) is 57.4 Å². The number of hydrogen-bond acceptors (Lipinski definition) is 6. The van der Waals surface area contributed by atoms with Crippen LogP contribution in [0.5, 0.6) is 0 Å². The van der Waals surface area contributed by atoms with Gasteiger partial charge in [0.2, 0.25) is 15.9 Å². The van der Waals surface area contributed by atoms with Crippen LogP contribution >= 0.6 is 11.6 Å². The molecule has 0 bridgehead atoms. The van der Waals surface area contributed by atoms with Crippen LogP contribution in [0.2, 0.25) is 5.02 Å². The van der Waals surface area contributed by atoms with Gasteiger partial charge in [-0.15, -0.1) is 0 Å².